The molecule has 2 aliphatic carbocycles. The summed E-state index contributed by atoms with van der Waals surface area (Å²) < 4.78 is 24.4. The highest BCUT2D eigenvalue weighted by Gasteiger charge is 2.33. The van der Waals surface area contributed by atoms with E-state index in [0.29, 0.717) is 37.0 Å². The van der Waals surface area contributed by atoms with Gasteiger partial charge in [0.1, 0.15) is 6.10 Å². The van der Waals surface area contributed by atoms with Crippen molar-refractivity contribution in [2.45, 2.75) is 127 Å². The van der Waals surface area contributed by atoms with Crippen molar-refractivity contribution >= 4 is 5.97 Å². The molecule has 3 aliphatic rings. The first-order valence-corrected chi connectivity index (χ1v) is 15.4. The van der Waals surface area contributed by atoms with Crippen molar-refractivity contribution in [3.63, 3.8) is 0 Å². The van der Waals surface area contributed by atoms with Crippen LogP contribution in [0, 0.1) is 0 Å². The number of phenolic OH excluding ortho intramolecular Hbond substituents is 3. The number of phenols is 3. The van der Waals surface area contributed by atoms with E-state index in [1.807, 2.05) is 12.1 Å². The van der Waals surface area contributed by atoms with Crippen LogP contribution in [0.5, 0.6) is 28.7 Å². The lowest BCUT2D eigenvalue weighted by molar-refractivity contribution is -0.160. The van der Waals surface area contributed by atoms with Gasteiger partial charge in [0.2, 0.25) is 5.75 Å². The molecule has 0 radical (unpaired) electrons. The Kier molecular flexibility index (Phi) is 9.80. The van der Waals surface area contributed by atoms with Crippen LogP contribution in [-0.4, -0.2) is 45.7 Å². The number of benzene rings is 2. The summed E-state index contributed by atoms with van der Waals surface area (Å²) in [5.41, 5.74) is 1.72. The fourth-order valence-electron chi connectivity index (χ4n) is 6.45. The van der Waals surface area contributed by atoms with Gasteiger partial charge in [-0.05, 0) is 99.6 Å². The number of ether oxygens (including phenoxy) is 4. The average Bonchev–Trinajstić information content (AvgIpc) is 2.96. The van der Waals surface area contributed by atoms with Gasteiger partial charge in [0.05, 0.1) is 24.4 Å². The van der Waals surface area contributed by atoms with Crippen molar-refractivity contribution in [3.8, 4) is 28.7 Å². The van der Waals surface area contributed by atoms with Gasteiger partial charge >= 0.3 is 5.97 Å². The Labute approximate surface area is 242 Å². The van der Waals surface area contributed by atoms with Gasteiger partial charge in [-0.25, -0.2) is 0 Å². The van der Waals surface area contributed by atoms with Crippen LogP contribution in [-0.2, 0) is 20.7 Å². The summed E-state index contributed by atoms with van der Waals surface area (Å²) in [6, 6.07) is 8.76. The number of hydrogen-bond donors (Lipinski definition) is 3. The van der Waals surface area contributed by atoms with Crippen LogP contribution in [0.15, 0.2) is 30.3 Å². The zero-order valence-corrected chi connectivity index (χ0v) is 24.1. The van der Waals surface area contributed by atoms with Crippen LogP contribution in [0.2, 0.25) is 0 Å². The number of rotatable bonds is 9. The Morgan fingerprint density at radius 2 is 1.46 bits per heavy atom. The average molecular weight is 569 g/mol. The van der Waals surface area contributed by atoms with Gasteiger partial charge < -0.3 is 34.3 Å². The second-order valence-corrected chi connectivity index (χ2v) is 11.9. The lowest BCUT2D eigenvalue weighted by Gasteiger charge is -2.35. The van der Waals surface area contributed by atoms with E-state index in [9.17, 15) is 20.1 Å². The Morgan fingerprint density at radius 3 is 2.12 bits per heavy atom. The summed E-state index contributed by atoms with van der Waals surface area (Å²) in [7, 11) is 0. The van der Waals surface area contributed by atoms with Crippen LogP contribution < -0.4 is 9.47 Å². The van der Waals surface area contributed by atoms with Gasteiger partial charge in [-0.15, -0.1) is 0 Å². The smallest absolute Gasteiger partial charge is 0.302 e. The fourth-order valence-corrected chi connectivity index (χ4v) is 6.45. The molecule has 1 aliphatic heterocycles. The first-order valence-electron chi connectivity index (χ1n) is 15.4. The lowest BCUT2D eigenvalue weighted by atomic mass is 9.92. The van der Waals surface area contributed by atoms with Crippen LogP contribution >= 0.6 is 0 Å². The minimum atomic E-state index is -0.441. The first kappa shape index (κ1) is 29.4. The normalized spacial score (nSPS) is 24.1. The van der Waals surface area contributed by atoms with Crippen molar-refractivity contribution in [1.82, 2.24) is 0 Å². The van der Waals surface area contributed by atoms with Crippen molar-refractivity contribution in [1.29, 1.82) is 0 Å². The largest absolute Gasteiger partial charge is 0.504 e. The Bertz CT molecular complexity index is 1170. The molecule has 3 fully saturated rings. The maximum absolute atomic E-state index is 11.9. The van der Waals surface area contributed by atoms with E-state index in [4.69, 9.17) is 18.9 Å². The van der Waals surface area contributed by atoms with Gasteiger partial charge in [-0.2, -0.15) is 0 Å². The van der Waals surface area contributed by atoms with Gasteiger partial charge in [-0.1, -0.05) is 18.9 Å². The van der Waals surface area contributed by atoms with E-state index >= 15 is 0 Å². The van der Waals surface area contributed by atoms with Crippen LogP contribution in [0.25, 0.3) is 0 Å². The fraction of sp³-hybridized carbons (Fsp3) is 0.606. The molecule has 224 valence electrons. The number of carbonyl (C=O) groups is 1. The Morgan fingerprint density at radius 1 is 0.805 bits per heavy atom. The van der Waals surface area contributed by atoms with Crippen LogP contribution in [0.1, 0.15) is 108 Å². The van der Waals surface area contributed by atoms with E-state index in [1.165, 1.54) is 25.8 Å². The van der Waals surface area contributed by atoms with E-state index in [0.717, 1.165) is 56.9 Å². The summed E-state index contributed by atoms with van der Waals surface area (Å²) in [6.07, 6.45) is 12.3. The zero-order valence-electron chi connectivity index (χ0n) is 24.1. The summed E-state index contributed by atoms with van der Waals surface area (Å²) >= 11 is 0. The molecule has 3 N–H and O–H groups in total. The van der Waals surface area contributed by atoms with E-state index < -0.39 is 6.10 Å². The molecule has 0 aromatic heterocycles. The maximum atomic E-state index is 11.9. The third-order valence-electron chi connectivity index (χ3n) is 8.61. The summed E-state index contributed by atoms with van der Waals surface area (Å²) in [4.78, 5) is 11.9. The minimum absolute atomic E-state index is 0.00964. The van der Waals surface area contributed by atoms with E-state index in [2.05, 4.69) is 0 Å². The highest BCUT2D eigenvalue weighted by Crippen LogP contribution is 2.43. The molecule has 2 saturated carbocycles. The predicted octanol–water partition coefficient (Wildman–Crippen LogP) is 7.01. The molecule has 2 aromatic rings. The molecule has 3 unspecified atom stereocenters. The molecule has 5 rings (SSSR count). The monoisotopic (exact) mass is 568 g/mol. The SMILES string of the molecule is CC(=O)OC1CC(CCc2ccc(O)c(OC3CCCCC3)c2)OC(c2cc(O)c(O)c(OC3CCCCC3)c2)C1. The van der Waals surface area contributed by atoms with Gasteiger partial charge in [0.15, 0.2) is 23.0 Å². The van der Waals surface area contributed by atoms with Crippen molar-refractivity contribution in [3.05, 3.63) is 41.5 Å². The minimum Gasteiger partial charge on any atom is -0.504 e. The van der Waals surface area contributed by atoms with E-state index in [1.54, 1.807) is 12.1 Å². The Balaban J connectivity index is 1.28. The Hall–Kier alpha value is -3.13. The predicted molar refractivity (Wildman–Crippen MR) is 154 cm³/mol. The number of aryl methyl sites for hydroxylation is 1. The molecule has 1 heterocycles. The molecule has 3 atom stereocenters. The number of carbonyl (C=O) groups excluding carboxylic acids is 1. The molecule has 8 heteroatoms. The number of hydrogen-bond acceptors (Lipinski definition) is 8. The second kappa shape index (κ2) is 13.7. The zero-order chi connectivity index (χ0) is 28.8. The molecule has 0 bridgehead atoms. The third-order valence-corrected chi connectivity index (χ3v) is 8.61. The van der Waals surface area contributed by atoms with Crippen molar-refractivity contribution < 1.29 is 39.1 Å². The standard InChI is InChI=1S/C33H44O8/c1-21(34)38-27-19-26(14-12-22-13-15-28(35)31(16-22)39-24-8-4-2-5-9-24)41-30(20-27)23-17-29(36)33(37)32(18-23)40-25-10-6-3-7-11-25/h13,15-18,24-27,30,35-37H,2-12,14,19-20H2,1H3. The molecule has 0 amide bonds. The molecule has 8 nitrogen and oxygen atoms in total. The van der Waals surface area contributed by atoms with Crippen molar-refractivity contribution in [2.24, 2.45) is 0 Å². The molecular weight excluding hydrogens is 524 g/mol. The van der Waals surface area contributed by atoms with Crippen LogP contribution in [0.4, 0.5) is 0 Å². The molecular formula is C33H44O8. The first-order chi connectivity index (χ1) is 19.8. The molecule has 41 heavy (non-hydrogen) atoms. The summed E-state index contributed by atoms with van der Waals surface area (Å²) in [5, 5.41) is 31.4. The van der Waals surface area contributed by atoms with Gasteiger partial charge in [-0.3, -0.25) is 4.79 Å². The molecule has 1 saturated heterocycles. The number of aromatic hydroxyl groups is 3. The second-order valence-electron chi connectivity index (χ2n) is 11.9. The summed E-state index contributed by atoms with van der Waals surface area (Å²) in [5.74, 6) is 0.0873. The maximum Gasteiger partial charge on any atom is 0.302 e. The third kappa shape index (κ3) is 8.00. The topological polar surface area (TPSA) is 115 Å². The summed E-state index contributed by atoms with van der Waals surface area (Å²) in [6.45, 7) is 1.41. The van der Waals surface area contributed by atoms with Crippen molar-refractivity contribution in [2.75, 3.05) is 0 Å². The molecule has 0 spiro atoms. The lowest BCUT2D eigenvalue weighted by Crippen LogP contribution is -2.34. The highest BCUT2D eigenvalue weighted by atomic mass is 16.6. The quantitative estimate of drug-likeness (QED) is 0.219. The van der Waals surface area contributed by atoms with E-state index in [-0.39, 0.29) is 53.4 Å². The highest BCUT2D eigenvalue weighted by molar-refractivity contribution is 5.66. The number of esters is 1. The molecule has 2 aromatic carbocycles. The van der Waals surface area contributed by atoms with Gasteiger partial charge in [0.25, 0.3) is 0 Å². The van der Waals surface area contributed by atoms with Gasteiger partial charge in [0, 0.05) is 19.8 Å². The van der Waals surface area contributed by atoms with Crippen LogP contribution in [0.3, 0.4) is 0 Å².